The number of rotatable bonds is 9. The quantitative estimate of drug-likeness (QED) is 0.229. The van der Waals surface area contributed by atoms with E-state index in [4.69, 9.17) is 9.47 Å². The van der Waals surface area contributed by atoms with Crippen molar-refractivity contribution in [3.8, 4) is 16.9 Å². The second-order valence-electron chi connectivity index (χ2n) is 10.8. The minimum Gasteiger partial charge on any atom is -0.508 e. The number of aryl methyl sites for hydroxylation is 1. The minimum absolute atomic E-state index is 0.0377. The first-order valence-electron chi connectivity index (χ1n) is 14.0. The highest BCUT2D eigenvalue weighted by Crippen LogP contribution is 2.44. The van der Waals surface area contributed by atoms with Crippen molar-refractivity contribution in [2.75, 3.05) is 6.61 Å². The molecule has 0 aliphatic heterocycles. The largest absolute Gasteiger partial charge is 0.508 e. The number of benzene rings is 4. The maximum atomic E-state index is 13.6. The smallest absolute Gasteiger partial charge is 0.407 e. The molecule has 0 saturated heterocycles. The first-order valence-corrected chi connectivity index (χ1v) is 15.5. The highest BCUT2D eigenvalue weighted by molar-refractivity contribution is 7.91. The number of phenolic OH excluding ortho intramolecular Hbond substituents is 1. The molecule has 0 heterocycles. The predicted octanol–water partition coefficient (Wildman–Crippen LogP) is 5.93. The molecule has 4 aromatic rings. The summed E-state index contributed by atoms with van der Waals surface area (Å²) in [5.41, 5.74) is 5.37. The zero-order chi connectivity index (χ0) is 30.7. The van der Waals surface area contributed by atoms with Gasteiger partial charge in [0.05, 0.1) is 15.9 Å². The number of esters is 1. The van der Waals surface area contributed by atoms with Crippen molar-refractivity contribution in [1.29, 1.82) is 0 Å². The summed E-state index contributed by atoms with van der Waals surface area (Å²) < 4.78 is 38.2. The Kier molecular flexibility index (Phi) is 8.54. The number of amides is 1. The first-order chi connectivity index (χ1) is 20.5. The summed E-state index contributed by atoms with van der Waals surface area (Å²) >= 11 is 0. The van der Waals surface area contributed by atoms with Crippen LogP contribution in [-0.2, 0) is 30.5 Å². The normalized spacial score (nSPS) is 13.2. The predicted molar refractivity (Wildman–Crippen MR) is 162 cm³/mol. The van der Waals surface area contributed by atoms with Gasteiger partial charge in [-0.05, 0) is 72.9 Å². The molecule has 1 atom stereocenters. The molecule has 1 amide bonds. The van der Waals surface area contributed by atoms with Crippen LogP contribution in [0.2, 0.25) is 0 Å². The highest BCUT2D eigenvalue weighted by Gasteiger charge is 2.31. The van der Waals surface area contributed by atoms with Crippen LogP contribution in [0.3, 0.4) is 0 Å². The van der Waals surface area contributed by atoms with Crippen LogP contribution >= 0.6 is 0 Å². The van der Waals surface area contributed by atoms with Crippen molar-refractivity contribution in [1.82, 2.24) is 5.32 Å². The van der Waals surface area contributed by atoms with E-state index in [-0.39, 0.29) is 40.0 Å². The molecule has 1 aliphatic carbocycles. The number of carbonyl (C=O) groups is 2. The summed E-state index contributed by atoms with van der Waals surface area (Å²) in [4.78, 5) is 26.1. The molecule has 8 nitrogen and oxygen atoms in total. The average molecular weight is 600 g/mol. The first kappa shape index (κ1) is 29.8. The van der Waals surface area contributed by atoms with Crippen LogP contribution < -0.4 is 5.32 Å². The monoisotopic (exact) mass is 599 g/mol. The number of nitrogens with one attached hydrogen (secondary N) is 1. The number of fused-ring (bicyclic) bond motifs is 3. The molecule has 0 bridgehead atoms. The second-order valence-corrected chi connectivity index (χ2v) is 12.7. The van der Waals surface area contributed by atoms with Gasteiger partial charge in [-0.3, -0.25) is 0 Å². The molecule has 1 aliphatic rings. The van der Waals surface area contributed by atoms with Gasteiger partial charge in [0.1, 0.15) is 18.4 Å². The van der Waals surface area contributed by atoms with Crippen LogP contribution in [0.15, 0.2) is 101 Å². The fraction of sp³-hybridized carbons (Fsp3) is 0.235. The number of sulfone groups is 1. The third-order valence-corrected chi connectivity index (χ3v) is 9.22. The topological polar surface area (TPSA) is 119 Å². The maximum absolute atomic E-state index is 13.6. The van der Waals surface area contributed by atoms with E-state index in [1.54, 1.807) is 26.0 Å². The van der Waals surface area contributed by atoms with E-state index >= 15 is 0 Å². The number of ether oxygens (including phenoxy) is 2. The fourth-order valence-electron chi connectivity index (χ4n) is 5.32. The Bertz CT molecular complexity index is 1720. The van der Waals surface area contributed by atoms with E-state index in [1.807, 2.05) is 55.5 Å². The number of alkyl carbamates (subject to hydrolysis) is 1. The Morgan fingerprint density at radius 2 is 1.49 bits per heavy atom. The van der Waals surface area contributed by atoms with Gasteiger partial charge in [-0.2, -0.15) is 0 Å². The van der Waals surface area contributed by atoms with Gasteiger partial charge < -0.3 is 19.9 Å². The van der Waals surface area contributed by atoms with Gasteiger partial charge in [0.25, 0.3) is 0 Å². The number of aromatic hydroxyl groups is 1. The third kappa shape index (κ3) is 6.41. The van der Waals surface area contributed by atoms with E-state index in [0.29, 0.717) is 0 Å². The fourth-order valence-corrected chi connectivity index (χ4v) is 6.84. The Morgan fingerprint density at radius 1 is 0.884 bits per heavy atom. The van der Waals surface area contributed by atoms with Crippen molar-refractivity contribution in [3.63, 3.8) is 0 Å². The zero-order valence-corrected chi connectivity index (χ0v) is 24.9. The molecule has 9 heteroatoms. The van der Waals surface area contributed by atoms with Crippen LogP contribution in [0.5, 0.6) is 5.75 Å². The van der Waals surface area contributed by atoms with Gasteiger partial charge in [-0.25, -0.2) is 18.0 Å². The lowest BCUT2D eigenvalue weighted by molar-refractivity contribution is -0.149. The highest BCUT2D eigenvalue weighted by atomic mass is 32.2. The Morgan fingerprint density at radius 3 is 2.09 bits per heavy atom. The summed E-state index contributed by atoms with van der Waals surface area (Å²) in [5.74, 6) is -1.17. The second kappa shape index (κ2) is 12.3. The standard InChI is InChI=1S/C34H33NO7S/c1-21(2)42-33(37)31(18-23-14-15-24(36)19-32(23)43(39,40)25-16-12-22(3)13-17-25)35-34(38)41-20-30-28-10-6-4-8-26(28)27-9-5-7-11-29(27)30/h4-17,19,21,30-31,36H,18,20H2,1-3H3,(H,35,38)/t31-/m0/s1. The van der Waals surface area contributed by atoms with Gasteiger partial charge in [0.2, 0.25) is 9.84 Å². The van der Waals surface area contributed by atoms with E-state index in [9.17, 15) is 23.1 Å². The molecule has 0 aromatic heterocycles. The van der Waals surface area contributed by atoms with Crippen molar-refractivity contribution in [2.45, 2.75) is 55.0 Å². The molecule has 222 valence electrons. The SMILES string of the molecule is Cc1ccc(S(=O)(=O)c2cc(O)ccc2C[C@H](NC(=O)OCC2c3ccccc3-c3ccccc32)C(=O)OC(C)C)cc1. The molecule has 0 radical (unpaired) electrons. The van der Waals surface area contributed by atoms with Crippen molar-refractivity contribution in [2.24, 2.45) is 0 Å². The molecular weight excluding hydrogens is 566 g/mol. The van der Waals surface area contributed by atoms with Crippen LogP contribution in [0, 0.1) is 6.92 Å². The van der Waals surface area contributed by atoms with Gasteiger partial charge in [-0.1, -0.05) is 72.3 Å². The molecule has 0 spiro atoms. The summed E-state index contributed by atoms with van der Waals surface area (Å²) in [6.45, 7) is 5.24. The zero-order valence-electron chi connectivity index (χ0n) is 24.1. The molecule has 0 saturated carbocycles. The van der Waals surface area contributed by atoms with E-state index in [2.05, 4.69) is 5.32 Å². The lowest BCUT2D eigenvalue weighted by atomic mass is 9.98. The van der Waals surface area contributed by atoms with Crippen molar-refractivity contribution in [3.05, 3.63) is 113 Å². The van der Waals surface area contributed by atoms with Crippen LogP contribution in [-0.4, -0.2) is 44.3 Å². The van der Waals surface area contributed by atoms with E-state index in [1.165, 1.54) is 24.3 Å². The van der Waals surface area contributed by atoms with Gasteiger partial charge in [0.15, 0.2) is 0 Å². The molecule has 0 unspecified atom stereocenters. The number of hydrogen-bond donors (Lipinski definition) is 2. The molecule has 2 N–H and O–H groups in total. The summed E-state index contributed by atoms with van der Waals surface area (Å²) in [6, 6.07) is 24.9. The Balaban J connectivity index is 1.38. The van der Waals surface area contributed by atoms with Gasteiger partial charge in [-0.15, -0.1) is 0 Å². The van der Waals surface area contributed by atoms with E-state index < -0.39 is 34.0 Å². The average Bonchev–Trinajstić information content (AvgIpc) is 3.30. The minimum atomic E-state index is -4.07. The Labute approximate surface area is 251 Å². The number of hydrogen-bond acceptors (Lipinski definition) is 7. The summed E-state index contributed by atoms with van der Waals surface area (Å²) in [5, 5.41) is 12.8. The molecular formula is C34H33NO7S. The Hall–Kier alpha value is -4.63. The summed E-state index contributed by atoms with van der Waals surface area (Å²) in [6.07, 6.45) is -1.53. The lowest BCUT2D eigenvalue weighted by Crippen LogP contribution is -2.44. The van der Waals surface area contributed by atoms with Gasteiger partial charge in [0, 0.05) is 12.3 Å². The van der Waals surface area contributed by atoms with Crippen molar-refractivity contribution >= 4 is 21.9 Å². The number of carbonyl (C=O) groups excluding carboxylic acids is 2. The lowest BCUT2D eigenvalue weighted by Gasteiger charge is -2.21. The maximum Gasteiger partial charge on any atom is 0.407 e. The summed E-state index contributed by atoms with van der Waals surface area (Å²) in [7, 11) is -4.07. The van der Waals surface area contributed by atoms with Crippen LogP contribution in [0.1, 0.15) is 42.0 Å². The molecule has 43 heavy (non-hydrogen) atoms. The van der Waals surface area contributed by atoms with Crippen LogP contribution in [0.25, 0.3) is 11.1 Å². The third-order valence-electron chi connectivity index (χ3n) is 7.37. The molecule has 5 rings (SSSR count). The molecule has 4 aromatic carbocycles. The van der Waals surface area contributed by atoms with Crippen molar-refractivity contribution < 1.29 is 32.6 Å². The number of phenols is 1. The van der Waals surface area contributed by atoms with Crippen LogP contribution in [0.4, 0.5) is 4.79 Å². The molecule has 0 fully saturated rings. The van der Waals surface area contributed by atoms with Gasteiger partial charge >= 0.3 is 12.1 Å². The van der Waals surface area contributed by atoms with E-state index in [0.717, 1.165) is 33.9 Å².